The number of aromatic nitrogens is 3. The van der Waals surface area contributed by atoms with Crippen LogP contribution in [0.1, 0.15) is 63.2 Å². The van der Waals surface area contributed by atoms with Gasteiger partial charge in [0.15, 0.2) is 16.7 Å². The van der Waals surface area contributed by atoms with Gasteiger partial charge in [-0.05, 0) is 147 Å². The minimum Gasteiger partial charge on any atom is -0.497 e. The lowest BCUT2D eigenvalue weighted by Crippen LogP contribution is -2.29. The average molecular weight is 900 g/mol. The number of hydrogen-bond donors (Lipinski definition) is 3. The van der Waals surface area contributed by atoms with Crippen molar-refractivity contribution in [1.29, 1.82) is 0 Å². The van der Waals surface area contributed by atoms with Gasteiger partial charge in [0.25, 0.3) is 0 Å². The van der Waals surface area contributed by atoms with Gasteiger partial charge >= 0.3 is 17.9 Å². The monoisotopic (exact) mass is 899 g/mol. The summed E-state index contributed by atoms with van der Waals surface area (Å²) >= 11 is 0. The smallest absolute Gasteiger partial charge is 0.335 e. The molecule has 11 rings (SSSR count). The number of carboxylic acid groups (broad SMARTS) is 3. The molecular formula is C52H45N5O10. The third-order valence-corrected chi connectivity index (χ3v) is 11.6. The van der Waals surface area contributed by atoms with E-state index in [9.17, 15) is 14.4 Å². The molecule has 2 aliphatic heterocycles. The van der Waals surface area contributed by atoms with E-state index >= 15 is 0 Å². The van der Waals surface area contributed by atoms with Crippen LogP contribution in [0.5, 0.6) is 5.75 Å². The molecule has 2 saturated heterocycles. The van der Waals surface area contributed by atoms with Crippen LogP contribution in [0.15, 0.2) is 141 Å². The lowest BCUT2D eigenvalue weighted by atomic mass is 10.1. The Balaban J connectivity index is 0.000000127. The zero-order chi connectivity index (χ0) is 46.4. The lowest BCUT2D eigenvalue weighted by molar-refractivity contribution is 0.0686. The first kappa shape index (κ1) is 43.8. The Morgan fingerprint density at radius 1 is 0.463 bits per heavy atom. The van der Waals surface area contributed by atoms with Gasteiger partial charge in [0, 0.05) is 60.3 Å². The van der Waals surface area contributed by atoms with E-state index < -0.39 is 17.9 Å². The summed E-state index contributed by atoms with van der Waals surface area (Å²) in [6.45, 7) is 4.38. The summed E-state index contributed by atoms with van der Waals surface area (Å²) in [7, 11) is 1.60. The van der Waals surface area contributed by atoms with Crippen LogP contribution >= 0.6 is 0 Å². The number of carbonyl (C=O) groups is 3. The van der Waals surface area contributed by atoms with Gasteiger partial charge in [0.1, 0.15) is 22.3 Å². The summed E-state index contributed by atoms with van der Waals surface area (Å²) in [5.41, 5.74) is 9.11. The highest BCUT2D eigenvalue weighted by molar-refractivity contribution is 5.93. The van der Waals surface area contributed by atoms with Crippen molar-refractivity contribution < 1.29 is 47.7 Å². The van der Waals surface area contributed by atoms with Crippen molar-refractivity contribution >= 4 is 62.6 Å². The molecule has 0 amide bonds. The van der Waals surface area contributed by atoms with E-state index in [0.717, 1.165) is 59.8 Å². The highest BCUT2D eigenvalue weighted by Gasteiger charge is 2.17. The Morgan fingerprint density at radius 2 is 0.925 bits per heavy atom. The molecule has 15 nitrogen and oxygen atoms in total. The van der Waals surface area contributed by atoms with Crippen molar-refractivity contribution in [2.75, 3.05) is 43.1 Å². The maximum absolute atomic E-state index is 11.1. The van der Waals surface area contributed by atoms with Gasteiger partial charge in [0.2, 0.25) is 17.7 Å². The van der Waals surface area contributed by atoms with Gasteiger partial charge in [-0.15, -0.1) is 0 Å². The predicted octanol–water partition coefficient (Wildman–Crippen LogP) is 11.2. The molecule has 3 N–H and O–H groups in total. The molecule has 2 fully saturated rings. The molecular weight excluding hydrogens is 855 g/mol. The predicted molar refractivity (Wildman–Crippen MR) is 253 cm³/mol. The number of carboxylic acids is 3. The zero-order valence-corrected chi connectivity index (χ0v) is 36.4. The van der Waals surface area contributed by atoms with Crippen LogP contribution in [0.2, 0.25) is 0 Å². The fourth-order valence-electron chi connectivity index (χ4n) is 8.06. The quantitative estimate of drug-likeness (QED) is 0.123. The van der Waals surface area contributed by atoms with Crippen LogP contribution in [0.4, 0.5) is 11.4 Å². The largest absolute Gasteiger partial charge is 0.497 e. The fraction of sp³-hybridized carbons (Fsp3) is 0.192. The van der Waals surface area contributed by atoms with Crippen LogP contribution in [0.3, 0.4) is 0 Å². The van der Waals surface area contributed by atoms with Crippen molar-refractivity contribution in [3.63, 3.8) is 0 Å². The number of benzene rings is 6. The lowest BCUT2D eigenvalue weighted by Gasteiger charge is -2.28. The van der Waals surface area contributed by atoms with Gasteiger partial charge in [-0.1, -0.05) is 6.07 Å². The Morgan fingerprint density at radius 3 is 1.48 bits per heavy atom. The number of aromatic carboxylic acids is 3. The second-order valence-electron chi connectivity index (χ2n) is 16.1. The first-order valence-corrected chi connectivity index (χ1v) is 21.9. The molecule has 15 heteroatoms. The van der Waals surface area contributed by atoms with E-state index in [0.29, 0.717) is 45.4 Å². The number of ether oxygens (including phenoxy) is 1. The molecule has 0 aliphatic carbocycles. The molecule has 67 heavy (non-hydrogen) atoms. The number of nitrogens with zero attached hydrogens (tertiary/aromatic N) is 5. The molecule has 6 aromatic carbocycles. The van der Waals surface area contributed by atoms with Crippen molar-refractivity contribution in [1.82, 2.24) is 15.0 Å². The van der Waals surface area contributed by atoms with Crippen molar-refractivity contribution in [3.8, 4) is 40.1 Å². The molecule has 0 atom stereocenters. The third kappa shape index (κ3) is 9.95. The van der Waals surface area contributed by atoms with E-state index in [4.69, 9.17) is 33.3 Å². The summed E-state index contributed by atoms with van der Waals surface area (Å²) in [6.07, 6.45) is 6.24. The molecule has 2 aliphatic rings. The molecule has 338 valence electrons. The van der Waals surface area contributed by atoms with Crippen molar-refractivity contribution in [2.24, 2.45) is 0 Å². The second-order valence-corrected chi connectivity index (χ2v) is 16.1. The molecule has 0 radical (unpaired) electrons. The van der Waals surface area contributed by atoms with Crippen molar-refractivity contribution in [3.05, 3.63) is 144 Å². The van der Waals surface area contributed by atoms with E-state index in [1.807, 2.05) is 54.6 Å². The minimum atomic E-state index is -0.985. The van der Waals surface area contributed by atoms with E-state index in [1.54, 1.807) is 37.4 Å². The number of fused-ring (bicyclic) bond motifs is 3. The van der Waals surface area contributed by atoms with Gasteiger partial charge in [-0.25, -0.2) is 29.3 Å². The van der Waals surface area contributed by atoms with Crippen LogP contribution < -0.4 is 14.5 Å². The summed E-state index contributed by atoms with van der Waals surface area (Å²) in [6, 6.07) is 37.5. The summed E-state index contributed by atoms with van der Waals surface area (Å²) in [4.78, 5) is 51.0. The molecule has 5 heterocycles. The maximum atomic E-state index is 11.1. The standard InChI is InChI=1S/C19H18N2O3.C18H16N2O3.C15H11NO4/c22-19(23)14-6-4-5-13(11-14)18-20-16-8-7-15(12-17(16)24-18)21-9-2-1-3-10-21;21-18(22)13-5-8-16-15(11-13)19-17(23-16)12-3-6-14(7-4-12)20-9-1-2-10-20;1-19-11-5-2-9(3-6-11)14-16-12-8-10(15(17)18)4-7-13(12)20-14/h4-8,11-12H,1-3,9-10H2,(H,22,23);3-8,11H,1-2,9-10H2,(H,21,22);2-8H,1H3,(H,17,18). The average Bonchev–Trinajstić information content (AvgIpc) is 4.21. The number of methoxy groups -OCH3 is 1. The topological polar surface area (TPSA) is 206 Å². The van der Waals surface area contributed by atoms with E-state index in [1.165, 1.54) is 62.1 Å². The van der Waals surface area contributed by atoms with Crippen LogP contribution in [0, 0.1) is 0 Å². The first-order chi connectivity index (χ1) is 32.6. The maximum Gasteiger partial charge on any atom is 0.335 e. The summed E-state index contributed by atoms with van der Waals surface area (Å²) < 4.78 is 22.3. The van der Waals surface area contributed by atoms with Crippen LogP contribution in [0.25, 0.3) is 67.7 Å². The zero-order valence-electron chi connectivity index (χ0n) is 36.4. The van der Waals surface area contributed by atoms with Gasteiger partial charge in [0.05, 0.1) is 23.8 Å². The minimum absolute atomic E-state index is 0.187. The number of piperidine rings is 1. The van der Waals surface area contributed by atoms with Crippen LogP contribution in [-0.4, -0.2) is 81.5 Å². The van der Waals surface area contributed by atoms with Gasteiger partial charge in [-0.2, -0.15) is 0 Å². The number of hydrogen-bond acceptors (Lipinski definition) is 12. The fourth-order valence-corrected chi connectivity index (χ4v) is 8.06. The normalized spacial score (nSPS) is 13.5. The van der Waals surface area contributed by atoms with E-state index in [2.05, 4.69) is 43.0 Å². The number of oxazole rings is 3. The second kappa shape index (κ2) is 19.3. The Hall–Kier alpha value is -8.46. The molecule has 9 aromatic rings. The van der Waals surface area contributed by atoms with Crippen molar-refractivity contribution in [2.45, 2.75) is 32.1 Å². The molecule has 0 bridgehead atoms. The summed E-state index contributed by atoms with van der Waals surface area (Å²) in [5, 5.41) is 27.1. The van der Waals surface area contributed by atoms with Crippen LogP contribution in [-0.2, 0) is 0 Å². The van der Waals surface area contributed by atoms with Gasteiger partial charge in [-0.3, -0.25) is 0 Å². The number of rotatable bonds is 9. The molecule has 0 saturated carbocycles. The Kier molecular flexibility index (Phi) is 12.6. The SMILES string of the molecule is COc1ccc(-c2nc3cc(C(=O)O)ccc3o2)cc1.O=C(O)c1ccc2oc(-c3ccc(N4CCCC4)cc3)nc2c1.O=C(O)c1cccc(-c2nc3ccc(N4CCCCC4)cc3o2)c1. The molecule has 3 aromatic heterocycles. The highest BCUT2D eigenvalue weighted by atomic mass is 16.5. The Labute approximate surface area is 383 Å². The molecule has 0 spiro atoms. The number of anilines is 2. The van der Waals surface area contributed by atoms with E-state index in [-0.39, 0.29) is 16.7 Å². The van der Waals surface area contributed by atoms with Gasteiger partial charge < -0.3 is 43.1 Å². The molecule has 0 unspecified atom stereocenters. The summed E-state index contributed by atoms with van der Waals surface area (Å²) in [5.74, 6) is -0.754. The third-order valence-electron chi connectivity index (χ3n) is 11.6. The Bertz CT molecular complexity index is 3220. The highest BCUT2D eigenvalue weighted by Crippen LogP contribution is 2.31. The first-order valence-electron chi connectivity index (χ1n) is 21.9.